The number of benzene rings is 1. The van der Waals surface area contributed by atoms with Crippen molar-refractivity contribution in [2.24, 2.45) is 0 Å². The van der Waals surface area contributed by atoms with Crippen LogP contribution in [0.1, 0.15) is 39.6 Å². The molecule has 0 unspecified atom stereocenters. The van der Waals surface area contributed by atoms with E-state index in [0.29, 0.717) is 0 Å². The third kappa shape index (κ3) is 8.25. The zero-order valence-electron chi connectivity index (χ0n) is 21.8. The summed E-state index contributed by atoms with van der Waals surface area (Å²) in [6.07, 6.45) is -8.40. The third-order valence-corrected chi connectivity index (χ3v) is 7.29. The molecule has 3 N–H and O–H groups in total. The van der Waals surface area contributed by atoms with Crippen LogP contribution in [0.4, 0.5) is 26.3 Å². The molecule has 16 heteroatoms. The number of aromatic nitrogens is 2. The van der Waals surface area contributed by atoms with E-state index in [1.165, 1.54) is 11.3 Å². The molecule has 42 heavy (non-hydrogen) atoms. The number of alkyl halides is 6. The minimum Gasteiger partial charge on any atom is -0.475 e. The first-order valence-corrected chi connectivity index (χ1v) is 13.0. The van der Waals surface area contributed by atoms with E-state index in [-0.39, 0.29) is 11.4 Å². The highest BCUT2D eigenvalue weighted by Gasteiger charge is 2.48. The number of pyridine rings is 1. The van der Waals surface area contributed by atoms with Gasteiger partial charge in [-0.25, -0.2) is 14.6 Å². The van der Waals surface area contributed by atoms with E-state index in [4.69, 9.17) is 24.8 Å². The summed E-state index contributed by atoms with van der Waals surface area (Å²) in [7, 11) is 0. The summed E-state index contributed by atoms with van der Waals surface area (Å²) in [6.45, 7) is 4.73. The Morgan fingerprint density at radius 3 is 1.98 bits per heavy atom. The molecular formula is C26H24F6N4O5S. The van der Waals surface area contributed by atoms with Gasteiger partial charge in [-0.1, -0.05) is 36.4 Å². The Bertz CT molecular complexity index is 1400. The number of thiazole rings is 1. The molecule has 3 aromatic rings. The zero-order chi connectivity index (χ0) is 31.3. The number of carboxylic acid groups (broad SMARTS) is 2. The summed E-state index contributed by atoms with van der Waals surface area (Å²) in [4.78, 5) is 43.2. The molecule has 1 amide bonds. The highest BCUT2D eigenvalue weighted by molar-refractivity contribution is 7.17. The molecule has 2 aliphatic rings. The van der Waals surface area contributed by atoms with Crippen LogP contribution >= 0.6 is 11.3 Å². The van der Waals surface area contributed by atoms with Crippen molar-refractivity contribution in [1.82, 2.24) is 20.2 Å². The fourth-order valence-corrected chi connectivity index (χ4v) is 5.27. The van der Waals surface area contributed by atoms with E-state index in [9.17, 15) is 31.1 Å². The number of fused-ring (bicyclic) bond motifs is 2. The summed E-state index contributed by atoms with van der Waals surface area (Å²) in [5.74, 6) is -5.48. The first kappa shape index (κ1) is 32.5. The highest BCUT2D eigenvalue weighted by Crippen LogP contribution is 2.43. The second kappa shape index (κ2) is 12.9. The van der Waals surface area contributed by atoms with Crippen LogP contribution < -0.4 is 5.32 Å². The largest absolute Gasteiger partial charge is 0.490 e. The minimum absolute atomic E-state index is 0.0310. The van der Waals surface area contributed by atoms with Crippen LogP contribution in [0.5, 0.6) is 0 Å². The molecule has 4 heterocycles. The van der Waals surface area contributed by atoms with Crippen molar-refractivity contribution in [3.63, 3.8) is 0 Å². The van der Waals surface area contributed by atoms with E-state index in [1.54, 1.807) is 0 Å². The summed E-state index contributed by atoms with van der Waals surface area (Å²) in [5, 5.41) is 18.4. The maximum absolute atomic E-state index is 12.6. The van der Waals surface area contributed by atoms with Gasteiger partial charge in [-0.15, -0.1) is 11.3 Å². The van der Waals surface area contributed by atoms with Gasteiger partial charge in [0.2, 0.25) is 0 Å². The average molecular weight is 619 g/mol. The average Bonchev–Trinajstić information content (AvgIpc) is 3.46. The molecule has 226 valence electrons. The Kier molecular flexibility index (Phi) is 9.94. The SMILES string of the molecule is Cc1cccc(CN2CCC3(CC2)NC(=O)c2sc(-c4ccccc4)nc23)n1.O=C(O)C(F)(F)F.O=C(O)C(F)(F)F. The van der Waals surface area contributed by atoms with Gasteiger partial charge in [0, 0.05) is 30.9 Å². The highest BCUT2D eigenvalue weighted by atomic mass is 32.1. The number of likely N-dealkylation sites (tertiary alicyclic amines) is 1. The van der Waals surface area contributed by atoms with Gasteiger partial charge in [-0.3, -0.25) is 14.7 Å². The van der Waals surface area contributed by atoms with E-state index >= 15 is 0 Å². The maximum Gasteiger partial charge on any atom is 0.490 e. The quantitative estimate of drug-likeness (QED) is 0.349. The second-order valence-electron chi connectivity index (χ2n) is 9.25. The maximum atomic E-state index is 12.6. The number of hydrogen-bond acceptors (Lipinski definition) is 7. The molecule has 0 atom stereocenters. The zero-order valence-corrected chi connectivity index (χ0v) is 22.6. The fourth-order valence-electron chi connectivity index (χ4n) is 4.21. The van der Waals surface area contributed by atoms with Gasteiger partial charge >= 0.3 is 24.3 Å². The monoisotopic (exact) mass is 618 g/mol. The Balaban J connectivity index is 0.000000289. The second-order valence-corrected chi connectivity index (χ2v) is 10.3. The van der Waals surface area contributed by atoms with Crippen molar-refractivity contribution in [3.8, 4) is 10.6 Å². The van der Waals surface area contributed by atoms with Gasteiger partial charge in [-0.2, -0.15) is 26.3 Å². The summed E-state index contributed by atoms with van der Waals surface area (Å²) in [5.41, 5.74) is 3.87. The van der Waals surface area contributed by atoms with Gasteiger partial charge in [0.05, 0.1) is 16.9 Å². The lowest BCUT2D eigenvalue weighted by Gasteiger charge is -2.38. The van der Waals surface area contributed by atoms with Crippen LogP contribution in [-0.4, -0.2) is 68.4 Å². The van der Waals surface area contributed by atoms with Crippen molar-refractivity contribution < 1.29 is 50.9 Å². The number of piperidine rings is 1. The first-order chi connectivity index (χ1) is 19.5. The van der Waals surface area contributed by atoms with Crippen molar-refractivity contribution in [3.05, 3.63) is 70.5 Å². The lowest BCUT2D eigenvalue weighted by Crippen LogP contribution is -2.49. The van der Waals surface area contributed by atoms with Crippen molar-refractivity contribution in [1.29, 1.82) is 0 Å². The van der Waals surface area contributed by atoms with E-state index < -0.39 is 24.3 Å². The summed E-state index contributed by atoms with van der Waals surface area (Å²) >= 11 is 1.51. The number of aryl methyl sites for hydroxylation is 1. The summed E-state index contributed by atoms with van der Waals surface area (Å²) < 4.78 is 63.5. The van der Waals surface area contributed by atoms with E-state index in [2.05, 4.69) is 39.5 Å². The molecule has 1 fully saturated rings. The van der Waals surface area contributed by atoms with Crippen LogP contribution in [0, 0.1) is 6.92 Å². The predicted octanol–water partition coefficient (Wildman–Crippen LogP) is 5.01. The van der Waals surface area contributed by atoms with Gasteiger partial charge in [-0.05, 0) is 31.9 Å². The molecule has 2 aromatic heterocycles. The molecule has 2 aliphatic heterocycles. The molecule has 0 aliphatic carbocycles. The van der Waals surface area contributed by atoms with Gasteiger partial charge in [0.15, 0.2) is 0 Å². The normalized spacial score (nSPS) is 15.9. The number of carboxylic acids is 2. The Morgan fingerprint density at radius 1 is 0.929 bits per heavy atom. The number of carbonyl (C=O) groups is 3. The Morgan fingerprint density at radius 2 is 1.48 bits per heavy atom. The number of carbonyl (C=O) groups excluding carboxylic acids is 1. The molecule has 0 bridgehead atoms. The summed E-state index contributed by atoms with van der Waals surface area (Å²) in [6, 6.07) is 16.3. The number of rotatable bonds is 3. The lowest BCUT2D eigenvalue weighted by atomic mass is 9.86. The molecular weight excluding hydrogens is 594 g/mol. The molecule has 5 rings (SSSR count). The minimum atomic E-state index is -5.08. The third-order valence-electron chi connectivity index (χ3n) is 6.19. The topological polar surface area (TPSA) is 133 Å². The van der Waals surface area contributed by atoms with Crippen molar-refractivity contribution >= 4 is 29.2 Å². The van der Waals surface area contributed by atoms with Crippen LogP contribution in [0.15, 0.2) is 48.5 Å². The number of halogens is 6. The smallest absolute Gasteiger partial charge is 0.475 e. The van der Waals surface area contributed by atoms with E-state index in [0.717, 1.165) is 65.0 Å². The van der Waals surface area contributed by atoms with E-state index in [1.807, 2.05) is 31.2 Å². The standard InChI is InChI=1S/C22H22N4OS.2C2HF3O2/c1-15-6-5-9-17(23-15)14-26-12-10-22(11-13-26)19-18(20(27)25-22)28-21(24-19)16-7-3-2-4-8-16;2*3-2(4,5)1(6)7/h2-9H,10-14H2,1H3,(H,25,27);2*(H,6,7). The predicted molar refractivity (Wildman–Crippen MR) is 138 cm³/mol. The number of hydrogen-bond donors (Lipinski definition) is 3. The first-order valence-electron chi connectivity index (χ1n) is 12.2. The number of amides is 1. The van der Waals surface area contributed by atoms with Crippen LogP contribution in [0.3, 0.4) is 0 Å². The van der Waals surface area contributed by atoms with Crippen LogP contribution in [-0.2, 0) is 21.7 Å². The molecule has 1 aromatic carbocycles. The Labute approximate surface area is 238 Å². The molecule has 0 saturated carbocycles. The molecule has 1 saturated heterocycles. The number of nitrogens with one attached hydrogen (secondary N) is 1. The van der Waals surface area contributed by atoms with Crippen LogP contribution in [0.2, 0.25) is 0 Å². The van der Waals surface area contributed by atoms with Crippen molar-refractivity contribution in [2.75, 3.05) is 13.1 Å². The fraction of sp³-hybridized carbons (Fsp3) is 0.346. The Hall–Kier alpha value is -4.05. The lowest BCUT2D eigenvalue weighted by molar-refractivity contribution is -0.193. The molecule has 9 nitrogen and oxygen atoms in total. The van der Waals surface area contributed by atoms with Gasteiger partial charge < -0.3 is 15.5 Å². The molecule has 1 spiro atoms. The number of nitrogens with zero attached hydrogens (tertiary/aromatic N) is 3. The van der Waals surface area contributed by atoms with Crippen molar-refractivity contribution in [2.45, 2.75) is 44.2 Å². The molecule has 0 radical (unpaired) electrons. The van der Waals surface area contributed by atoms with Gasteiger partial charge in [0.1, 0.15) is 9.88 Å². The van der Waals surface area contributed by atoms with Gasteiger partial charge in [0.25, 0.3) is 5.91 Å². The number of aliphatic carboxylic acids is 2. The van der Waals surface area contributed by atoms with Crippen LogP contribution in [0.25, 0.3) is 10.6 Å².